The van der Waals surface area contributed by atoms with Crippen LogP contribution in [-0.4, -0.2) is 27.0 Å². The number of hydrogen-bond acceptors (Lipinski definition) is 4. The van der Waals surface area contributed by atoms with Crippen molar-refractivity contribution < 1.29 is 9.59 Å². The number of hydrogen-bond donors (Lipinski definition) is 2. The first-order chi connectivity index (χ1) is 9.50. The van der Waals surface area contributed by atoms with E-state index >= 15 is 0 Å². The molecule has 20 heavy (non-hydrogen) atoms. The van der Waals surface area contributed by atoms with Crippen molar-refractivity contribution in [2.75, 3.05) is 4.90 Å². The zero-order chi connectivity index (χ0) is 14.4. The quantitative estimate of drug-likeness (QED) is 0.638. The third-order valence-electron chi connectivity index (χ3n) is 3.15. The van der Waals surface area contributed by atoms with Crippen LogP contribution in [-0.2, 0) is 0 Å². The third-order valence-corrected chi connectivity index (χ3v) is 3.37. The van der Waals surface area contributed by atoms with E-state index < -0.39 is 11.8 Å². The first-order valence-corrected chi connectivity index (χ1v) is 6.24. The molecule has 0 unspecified atom stereocenters. The Kier molecular flexibility index (Phi) is 2.65. The molecule has 2 amide bonds. The Balaban J connectivity index is 2.14. The number of amides is 2. The summed E-state index contributed by atoms with van der Waals surface area (Å²) in [6, 6.07) is 5.11. The van der Waals surface area contributed by atoms with Crippen molar-refractivity contribution in [3.63, 3.8) is 0 Å². The summed E-state index contributed by atoms with van der Waals surface area (Å²) in [4.78, 5) is 25.9. The number of nitrogens with one attached hydrogen (secondary N) is 1. The number of imide groups is 1. The second kappa shape index (κ2) is 4.24. The van der Waals surface area contributed by atoms with Crippen molar-refractivity contribution >= 4 is 34.8 Å². The van der Waals surface area contributed by atoms with Gasteiger partial charge < -0.3 is 5.73 Å². The summed E-state index contributed by atoms with van der Waals surface area (Å²) >= 11 is 4.89. The second-order valence-corrected chi connectivity index (χ2v) is 4.93. The topological polar surface area (TPSA) is 92.1 Å². The number of anilines is 1. The number of fused-ring (bicyclic) bond motifs is 1. The summed E-state index contributed by atoms with van der Waals surface area (Å²) in [7, 11) is 0. The Hall–Kier alpha value is -2.54. The van der Waals surface area contributed by atoms with Gasteiger partial charge in [-0.3, -0.25) is 14.7 Å². The van der Waals surface area contributed by atoms with Crippen LogP contribution < -0.4 is 10.6 Å². The number of nitrogens with two attached hydrogens (primary N) is 1. The molecule has 100 valence electrons. The van der Waals surface area contributed by atoms with Crippen LogP contribution in [0.1, 0.15) is 31.8 Å². The fraction of sp³-hybridized carbons (Fsp3) is 0.0769. The lowest BCUT2D eigenvalue weighted by atomic mass is 10.1. The van der Waals surface area contributed by atoms with Gasteiger partial charge in [0.25, 0.3) is 11.8 Å². The number of nitrogens with zero attached hydrogens (tertiary/aromatic N) is 2. The van der Waals surface area contributed by atoms with Crippen molar-refractivity contribution in [2.24, 2.45) is 5.73 Å². The summed E-state index contributed by atoms with van der Waals surface area (Å²) in [6.07, 6.45) is 1.40. The Bertz CT molecular complexity index is 765. The largest absolute Gasteiger partial charge is 0.389 e. The summed E-state index contributed by atoms with van der Waals surface area (Å²) in [5, 5.41) is 6.40. The van der Waals surface area contributed by atoms with Gasteiger partial charge in [0.2, 0.25) is 0 Å². The molecule has 6 nitrogen and oxygen atoms in total. The number of rotatable bonds is 2. The average molecular weight is 286 g/mol. The van der Waals surface area contributed by atoms with Crippen molar-refractivity contribution in [2.45, 2.75) is 6.92 Å². The van der Waals surface area contributed by atoms with E-state index in [1.807, 2.05) is 6.92 Å². The number of H-pyrrole nitrogens is 1. The van der Waals surface area contributed by atoms with Gasteiger partial charge >= 0.3 is 0 Å². The van der Waals surface area contributed by atoms with E-state index in [9.17, 15) is 9.59 Å². The van der Waals surface area contributed by atoms with E-state index in [0.717, 1.165) is 10.5 Å². The minimum absolute atomic E-state index is 0.0708. The molecule has 1 aromatic carbocycles. The molecule has 0 radical (unpaired) electrons. The predicted octanol–water partition coefficient (Wildman–Crippen LogP) is 1.15. The van der Waals surface area contributed by atoms with Crippen LogP contribution in [0.3, 0.4) is 0 Å². The molecule has 2 aromatic rings. The van der Waals surface area contributed by atoms with Crippen LogP contribution in [0.4, 0.5) is 5.82 Å². The number of aryl methyl sites for hydroxylation is 1. The highest BCUT2D eigenvalue weighted by molar-refractivity contribution is 7.80. The number of carbonyl (C=O) groups is 2. The van der Waals surface area contributed by atoms with Crippen LogP contribution in [0.25, 0.3) is 0 Å². The standard InChI is InChI=1S/C13H10N4O2S/c1-6-2-3-7-8(4-6)13(19)17(12(7)18)11-9(10(14)20)5-15-16-11/h2-5H,1H3,(H2,14,20)(H,15,16). The molecule has 1 aliphatic rings. The Morgan fingerprint density at radius 2 is 2.00 bits per heavy atom. The fourth-order valence-corrected chi connectivity index (χ4v) is 2.34. The van der Waals surface area contributed by atoms with Gasteiger partial charge in [0.05, 0.1) is 22.9 Å². The van der Waals surface area contributed by atoms with Crippen LogP contribution in [0.5, 0.6) is 0 Å². The van der Waals surface area contributed by atoms with Crippen LogP contribution in [0.15, 0.2) is 24.4 Å². The predicted molar refractivity (Wildman–Crippen MR) is 76.8 cm³/mol. The van der Waals surface area contributed by atoms with Crippen molar-refractivity contribution in [3.05, 3.63) is 46.6 Å². The van der Waals surface area contributed by atoms with Crippen LogP contribution >= 0.6 is 12.2 Å². The van der Waals surface area contributed by atoms with Gasteiger partial charge in [0.15, 0.2) is 0 Å². The van der Waals surface area contributed by atoms with E-state index in [2.05, 4.69) is 10.2 Å². The van der Waals surface area contributed by atoms with Gasteiger partial charge in [-0.05, 0) is 19.1 Å². The molecule has 0 spiro atoms. The van der Waals surface area contributed by atoms with Gasteiger partial charge in [0.1, 0.15) is 10.8 Å². The average Bonchev–Trinajstić information content (AvgIpc) is 2.95. The highest BCUT2D eigenvalue weighted by Crippen LogP contribution is 2.29. The molecule has 3 rings (SSSR count). The number of aromatic amines is 1. The monoisotopic (exact) mass is 286 g/mol. The number of aromatic nitrogens is 2. The van der Waals surface area contributed by atoms with E-state index in [0.29, 0.717) is 16.7 Å². The maximum absolute atomic E-state index is 12.4. The van der Waals surface area contributed by atoms with Crippen LogP contribution in [0, 0.1) is 6.92 Å². The van der Waals surface area contributed by atoms with Gasteiger partial charge in [-0.25, -0.2) is 4.90 Å². The van der Waals surface area contributed by atoms with E-state index in [1.54, 1.807) is 18.2 Å². The smallest absolute Gasteiger partial charge is 0.267 e. The van der Waals surface area contributed by atoms with Gasteiger partial charge in [0, 0.05) is 0 Å². The van der Waals surface area contributed by atoms with Gasteiger partial charge in [-0.15, -0.1) is 0 Å². The maximum atomic E-state index is 12.4. The lowest BCUT2D eigenvalue weighted by Gasteiger charge is -2.12. The Morgan fingerprint density at radius 1 is 1.30 bits per heavy atom. The SMILES string of the molecule is Cc1ccc2c(c1)C(=O)N(c1[nH]ncc1C(N)=S)C2=O. The summed E-state index contributed by atoms with van der Waals surface area (Å²) in [5.74, 6) is -0.608. The highest BCUT2D eigenvalue weighted by Gasteiger charge is 2.38. The highest BCUT2D eigenvalue weighted by atomic mass is 32.1. The lowest BCUT2D eigenvalue weighted by Crippen LogP contribution is -2.31. The first-order valence-electron chi connectivity index (χ1n) is 5.83. The second-order valence-electron chi connectivity index (χ2n) is 4.49. The van der Waals surface area contributed by atoms with Crippen molar-refractivity contribution in [1.29, 1.82) is 0 Å². The third kappa shape index (κ3) is 1.64. The first kappa shape index (κ1) is 12.5. The van der Waals surface area contributed by atoms with E-state index in [1.165, 1.54) is 6.20 Å². The summed E-state index contributed by atoms with van der Waals surface area (Å²) < 4.78 is 0. The molecule has 0 fully saturated rings. The van der Waals surface area contributed by atoms with Gasteiger partial charge in [-0.1, -0.05) is 23.8 Å². The minimum Gasteiger partial charge on any atom is -0.389 e. The number of benzene rings is 1. The Morgan fingerprint density at radius 3 is 2.70 bits per heavy atom. The van der Waals surface area contributed by atoms with Crippen LogP contribution in [0.2, 0.25) is 0 Å². The fourth-order valence-electron chi connectivity index (χ4n) is 2.19. The molecule has 0 saturated heterocycles. The van der Waals surface area contributed by atoms with Crippen molar-refractivity contribution in [1.82, 2.24) is 10.2 Å². The molecule has 0 saturated carbocycles. The molecule has 0 atom stereocenters. The molecule has 1 aliphatic heterocycles. The Labute approximate surface area is 119 Å². The van der Waals surface area contributed by atoms with E-state index in [4.69, 9.17) is 18.0 Å². The summed E-state index contributed by atoms with van der Waals surface area (Å²) in [6.45, 7) is 1.86. The lowest BCUT2D eigenvalue weighted by molar-refractivity contribution is 0.0925. The molecule has 3 N–H and O–H groups in total. The summed E-state index contributed by atoms with van der Waals surface area (Å²) in [5.41, 5.74) is 7.58. The van der Waals surface area contributed by atoms with E-state index in [-0.39, 0.29) is 10.8 Å². The molecule has 0 aliphatic carbocycles. The molecule has 0 bridgehead atoms. The minimum atomic E-state index is -0.410. The van der Waals surface area contributed by atoms with Crippen molar-refractivity contribution in [3.8, 4) is 0 Å². The zero-order valence-corrected chi connectivity index (χ0v) is 11.3. The molecule has 1 aromatic heterocycles. The number of thiocarbonyl (C=S) groups is 1. The number of carbonyl (C=O) groups excluding carboxylic acids is 2. The maximum Gasteiger partial charge on any atom is 0.267 e. The zero-order valence-electron chi connectivity index (χ0n) is 10.5. The van der Waals surface area contributed by atoms with Gasteiger partial charge in [-0.2, -0.15) is 5.10 Å². The molecule has 2 heterocycles. The molecular formula is C13H10N4O2S. The normalized spacial score (nSPS) is 13.8. The molecular weight excluding hydrogens is 276 g/mol. The molecule has 7 heteroatoms.